The maximum atomic E-state index is 11.0. The molecule has 0 N–H and O–H groups in total. The fraction of sp³-hybridized carbons (Fsp3) is 0.0556. The van der Waals surface area contributed by atoms with Gasteiger partial charge in [0.2, 0.25) is 0 Å². The molecule has 0 atom stereocenters. The first-order chi connectivity index (χ1) is 9.27. The Balaban J connectivity index is 2.17. The number of rotatable bonds is 2. The fourth-order valence-corrected chi connectivity index (χ4v) is 2.51. The summed E-state index contributed by atoms with van der Waals surface area (Å²) in [4.78, 5) is 11.0. The molecule has 1 aliphatic carbocycles. The highest BCUT2D eigenvalue weighted by Crippen LogP contribution is 2.43. The van der Waals surface area contributed by atoms with E-state index in [1.165, 1.54) is 27.8 Å². The standard InChI is InChI=1S/C18H14O/c1-13(19)7-6-12-18-16-10-4-2-8-14(16)15-9-3-5-11-17(15)18/h2-12H,1H3/b7-6+. The van der Waals surface area contributed by atoms with Crippen LogP contribution in [0.5, 0.6) is 0 Å². The molecule has 0 fully saturated rings. The Bertz CT molecular complexity index is 658. The molecular weight excluding hydrogens is 232 g/mol. The number of ketones is 1. The van der Waals surface area contributed by atoms with E-state index in [0.717, 1.165) is 0 Å². The molecule has 1 nitrogen and oxygen atoms in total. The van der Waals surface area contributed by atoms with Crippen LogP contribution in [0.3, 0.4) is 0 Å². The van der Waals surface area contributed by atoms with Crippen LogP contribution >= 0.6 is 0 Å². The van der Waals surface area contributed by atoms with E-state index in [-0.39, 0.29) is 5.78 Å². The van der Waals surface area contributed by atoms with Gasteiger partial charge in [0.25, 0.3) is 0 Å². The predicted octanol–water partition coefficient (Wildman–Crippen LogP) is 4.24. The Kier molecular flexibility index (Phi) is 2.88. The first-order valence-electron chi connectivity index (χ1n) is 6.35. The molecule has 0 radical (unpaired) electrons. The zero-order valence-corrected chi connectivity index (χ0v) is 10.8. The first-order valence-corrected chi connectivity index (χ1v) is 6.35. The largest absolute Gasteiger partial charge is 0.295 e. The van der Waals surface area contributed by atoms with Crippen LogP contribution in [0.4, 0.5) is 0 Å². The molecule has 0 amide bonds. The van der Waals surface area contributed by atoms with Gasteiger partial charge in [-0.05, 0) is 40.8 Å². The second-order valence-corrected chi connectivity index (χ2v) is 4.64. The molecule has 1 heteroatoms. The van der Waals surface area contributed by atoms with Crippen molar-refractivity contribution in [3.63, 3.8) is 0 Å². The number of fused-ring (bicyclic) bond motifs is 3. The van der Waals surface area contributed by atoms with Gasteiger partial charge < -0.3 is 0 Å². The van der Waals surface area contributed by atoms with Gasteiger partial charge in [0.05, 0.1) is 0 Å². The monoisotopic (exact) mass is 246 g/mol. The van der Waals surface area contributed by atoms with E-state index in [4.69, 9.17) is 0 Å². The fourth-order valence-electron chi connectivity index (χ4n) is 2.51. The van der Waals surface area contributed by atoms with Crippen molar-refractivity contribution in [1.82, 2.24) is 0 Å². The molecule has 2 aromatic rings. The van der Waals surface area contributed by atoms with Crippen molar-refractivity contribution in [3.8, 4) is 11.1 Å². The van der Waals surface area contributed by atoms with Gasteiger partial charge in [0, 0.05) is 0 Å². The zero-order valence-electron chi connectivity index (χ0n) is 10.8. The van der Waals surface area contributed by atoms with Crippen molar-refractivity contribution in [1.29, 1.82) is 0 Å². The third-order valence-electron chi connectivity index (χ3n) is 3.32. The van der Waals surface area contributed by atoms with Crippen LogP contribution in [0.1, 0.15) is 18.1 Å². The van der Waals surface area contributed by atoms with E-state index >= 15 is 0 Å². The van der Waals surface area contributed by atoms with E-state index in [9.17, 15) is 4.79 Å². The van der Waals surface area contributed by atoms with Crippen molar-refractivity contribution in [2.24, 2.45) is 0 Å². The van der Waals surface area contributed by atoms with Gasteiger partial charge in [0.1, 0.15) is 0 Å². The molecule has 0 aliphatic heterocycles. The highest BCUT2D eigenvalue weighted by atomic mass is 16.1. The van der Waals surface area contributed by atoms with Gasteiger partial charge in [-0.3, -0.25) is 4.79 Å². The SMILES string of the molecule is CC(=O)/C=C/C=C1c2ccccc2-c2ccccc21. The van der Waals surface area contributed by atoms with Crippen LogP contribution in [-0.4, -0.2) is 5.78 Å². The summed E-state index contributed by atoms with van der Waals surface area (Å²) in [5, 5.41) is 0. The van der Waals surface area contributed by atoms with Gasteiger partial charge in [0.15, 0.2) is 5.78 Å². The van der Waals surface area contributed by atoms with E-state index in [1.54, 1.807) is 13.0 Å². The van der Waals surface area contributed by atoms with Crippen LogP contribution < -0.4 is 0 Å². The Labute approximate surface area is 112 Å². The van der Waals surface area contributed by atoms with Gasteiger partial charge in [-0.1, -0.05) is 60.7 Å². The van der Waals surface area contributed by atoms with Gasteiger partial charge in [-0.2, -0.15) is 0 Å². The number of hydrogen-bond acceptors (Lipinski definition) is 1. The maximum absolute atomic E-state index is 11.0. The van der Waals surface area contributed by atoms with Crippen LogP contribution in [0.25, 0.3) is 16.7 Å². The minimum absolute atomic E-state index is 0.0661. The summed E-state index contributed by atoms with van der Waals surface area (Å²) < 4.78 is 0. The summed E-state index contributed by atoms with van der Waals surface area (Å²) in [6, 6.07) is 16.8. The van der Waals surface area contributed by atoms with Crippen molar-refractivity contribution in [2.45, 2.75) is 6.92 Å². The van der Waals surface area contributed by atoms with Crippen LogP contribution in [0.2, 0.25) is 0 Å². The lowest BCUT2D eigenvalue weighted by atomic mass is 10.0. The molecule has 0 unspecified atom stereocenters. The van der Waals surface area contributed by atoms with Crippen LogP contribution in [0.15, 0.2) is 66.8 Å². The highest BCUT2D eigenvalue weighted by Gasteiger charge is 2.21. The normalized spacial score (nSPS) is 12.4. The molecule has 3 rings (SSSR count). The zero-order chi connectivity index (χ0) is 13.2. The minimum Gasteiger partial charge on any atom is -0.295 e. The third kappa shape index (κ3) is 2.04. The Morgan fingerprint density at radius 2 is 1.32 bits per heavy atom. The van der Waals surface area contributed by atoms with Gasteiger partial charge >= 0.3 is 0 Å². The van der Waals surface area contributed by atoms with Crippen molar-refractivity contribution in [3.05, 3.63) is 77.9 Å². The summed E-state index contributed by atoms with van der Waals surface area (Å²) in [5.74, 6) is 0.0661. The highest BCUT2D eigenvalue weighted by molar-refractivity contribution is 6.01. The lowest BCUT2D eigenvalue weighted by molar-refractivity contribution is -0.112. The van der Waals surface area contributed by atoms with E-state index in [2.05, 4.69) is 36.4 Å². The van der Waals surface area contributed by atoms with E-state index in [0.29, 0.717) is 0 Å². The number of benzene rings is 2. The quantitative estimate of drug-likeness (QED) is 0.618. The summed E-state index contributed by atoms with van der Waals surface area (Å²) in [6.45, 7) is 1.56. The molecule has 0 saturated heterocycles. The summed E-state index contributed by atoms with van der Waals surface area (Å²) in [7, 11) is 0. The molecule has 2 aromatic carbocycles. The molecule has 0 bridgehead atoms. The molecule has 19 heavy (non-hydrogen) atoms. The molecule has 0 heterocycles. The van der Waals surface area contributed by atoms with Crippen LogP contribution in [0, 0.1) is 0 Å². The number of carbonyl (C=O) groups excluding carboxylic acids is 1. The molecule has 92 valence electrons. The Morgan fingerprint density at radius 3 is 1.79 bits per heavy atom. The molecule has 0 spiro atoms. The number of carbonyl (C=O) groups is 1. The Morgan fingerprint density at radius 1 is 0.842 bits per heavy atom. The first kappa shape index (κ1) is 11.7. The molecule has 1 aliphatic rings. The van der Waals surface area contributed by atoms with E-state index in [1.807, 2.05) is 24.3 Å². The van der Waals surface area contributed by atoms with E-state index < -0.39 is 0 Å². The smallest absolute Gasteiger partial charge is 0.152 e. The van der Waals surface area contributed by atoms with Crippen molar-refractivity contribution in [2.75, 3.05) is 0 Å². The average Bonchev–Trinajstić information content (AvgIpc) is 2.74. The predicted molar refractivity (Wildman–Crippen MR) is 78.8 cm³/mol. The number of allylic oxidation sites excluding steroid dienone is 3. The Hall–Kier alpha value is -2.41. The van der Waals surface area contributed by atoms with Crippen molar-refractivity contribution >= 4 is 11.4 Å². The summed E-state index contributed by atoms with van der Waals surface area (Å²) >= 11 is 0. The summed E-state index contributed by atoms with van der Waals surface area (Å²) in [6.07, 6.45) is 5.44. The third-order valence-corrected chi connectivity index (χ3v) is 3.32. The second-order valence-electron chi connectivity index (χ2n) is 4.64. The molecule has 0 aromatic heterocycles. The average molecular weight is 246 g/mol. The minimum atomic E-state index is 0.0661. The van der Waals surface area contributed by atoms with Gasteiger partial charge in [-0.15, -0.1) is 0 Å². The molecular formula is C18H14O. The topological polar surface area (TPSA) is 17.1 Å². The number of hydrogen-bond donors (Lipinski definition) is 0. The lowest BCUT2D eigenvalue weighted by Gasteiger charge is -2.00. The summed E-state index contributed by atoms with van der Waals surface area (Å²) in [5.41, 5.74) is 6.18. The van der Waals surface area contributed by atoms with Crippen LogP contribution in [-0.2, 0) is 4.79 Å². The second kappa shape index (κ2) is 4.69. The van der Waals surface area contributed by atoms with Crippen molar-refractivity contribution < 1.29 is 4.79 Å². The maximum Gasteiger partial charge on any atom is 0.152 e. The van der Waals surface area contributed by atoms with Gasteiger partial charge in [-0.25, -0.2) is 0 Å². The molecule has 0 saturated carbocycles. The lowest BCUT2D eigenvalue weighted by Crippen LogP contribution is -1.81.